The minimum absolute atomic E-state index is 0.177. The van der Waals surface area contributed by atoms with Crippen LogP contribution in [0.25, 0.3) is 10.2 Å². The van der Waals surface area contributed by atoms with E-state index in [1.807, 2.05) is 13.0 Å². The Kier molecular flexibility index (Phi) is 4.85. The molecule has 26 heavy (non-hydrogen) atoms. The number of carboxylic acids is 1. The Bertz CT molecular complexity index is 1020. The highest BCUT2D eigenvalue weighted by Gasteiger charge is 2.32. The third kappa shape index (κ3) is 3.78. The second-order valence-corrected chi connectivity index (χ2v) is 9.48. The van der Waals surface area contributed by atoms with Gasteiger partial charge in [0.25, 0.3) is 0 Å². The predicted octanol–water partition coefficient (Wildman–Crippen LogP) is 1.36. The average molecular weight is 393 g/mol. The van der Waals surface area contributed by atoms with Gasteiger partial charge in [-0.05, 0) is 38.0 Å². The van der Waals surface area contributed by atoms with E-state index >= 15 is 0 Å². The number of fused-ring (bicyclic) bond motifs is 1. The number of hydrogen-bond donors (Lipinski definition) is 1. The SMILES string of the molecule is CC1=CC[C@@H](C(=O)[O-])[C@H](C(=O)Nc2nc3ccc(S(C)(=O)=O)cc3s2)C1. The van der Waals surface area contributed by atoms with Crippen molar-refractivity contribution in [3.8, 4) is 0 Å². The first kappa shape index (κ1) is 18.5. The van der Waals surface area contributed by atoms with Crippen LogP contribution in [0.2, 0.25) is 0 Å². The number of amides is 1. The van der Waals surface area contributed by atoms with Gasteiger partial charge in [-0.15, -0.1) is 0 Å². The molecule has 0 unspecified atom stereocenters. The van der Waals surface area contributed by atoms with E-state index in [4.69, 9.17) is 0 Å². The number of nitrogens with one attached hydrogen (secondary N) is 1. The van der Waals surface area contributed by atoms with Gasteiger partial charge >= 0.3 is 0 Å². The number of aromatic nitrogens is 1. The number of allylic oxidation sites excluding steroid dienone is 2. The molecule has 2 aromatic rings. The lowest BCUT2D eigenvalue weighted by molar-refractivity contribution is -0.313. The van der Waals surface area contributed by atoms with Crippen molar-refractivity contribution in [3.05, 3.63) is 29.8 Å². The monoisotopic (exact) mass is 393 g/mol. The Morgan fingerprint density at radius 2 is 2.04 bits per heavy atom. The van der Waals surface area contributed by atoms with E-state index in [0.717, 1.165) is 23.2 Å². The van der Waals surface area contributed by atoms with Crippen molar-refractivity contribution >= 4 is 48.4 Å². The third-order valence-electron chi connectivity index (χ3n) is 4.41. The fourth-order valence-corrected chi connectivity index (χ4v) is 4.62. The van der Waals surface area contributed by atoms with E-state index in [2.05, 4.69) is 10.3 Å². The maximum atomic E-state index is 12.6. The summed E-state index contributed by atoms with van der Waals surface area (Å²) in [7, 11) is -3.34. The van der Waals surface area contributed by atoms with E-state index in [9.17, 15) is 23.1 Å². The molecule has 1 aromatic heterocycles. The Balaban J connectivity index is 1.85. The number of nitrogens with zero attached hydrogens (tertiary/aromatic N) is 1. The van der Waals surface area contributed by atoms with Crippen LogP contribution in [0.15, 0.2) is 34.7 Å². The first-order valence-electron chi connectivity index (χ1n) is 7.93. The molecule has 1 aliphatic carbocycles. The maximum Gasteiger partial charge on any atom is 0.230 e. The molecule has 0 saturated carbocycles. The van der Waals surface area contributed by atoms with Crippen LogP contribution in [-0.4, -0.2) is 31.5 Å². The van der Waals surface area contributed by atoms with Crippen LogP contribution < -0.4 is 10.4 Å². The summed E-state index contributed by atoms with van der Waals surface area (Å²) < 4.78 is 23.9. The van der Waals surface area contributed by atoms with Crippen LogP contribution in [-0.2, 0) is 19.4 Å². The van der Waals surface area contributed by atoms with Crippen LogP contribution in [0.1, 0.15) is 19.8 Å². The second kappa shape index (κ2) is 6.81. The van der Waals surface area contributed by atoms with E-state index < -0.39 is 33.5 Å². The van der Waals surface area contributed by atoms with Gasteiger partial charge in [0.1, 0.15) is 0 Å². The zero-order valence-electron chi connectivity index (χ0n) is 14.2. The van der Waals surface area contributed by atoms with Crippen molar-refractivity contribution in [2.45, 2.75) is 24.7 Å². The van der Waals surface area contributed by atoms with Gasteiger partial charge in [0.05, 0.1) is 21.0 Å². The van der Waals surface area contributed by atoms with Gasteiger partial charge < -0.3 is 15.2 Å². The zero-order valence-corrected chi connectivity index (χ0v) is 15.8. The van der Waals surface area contributed by atoms with Crippen molar-refractivity contribution in [1.82, 2.24) is 4.98 Å². The van der Waals surface area contributed by atoms with E-state index in [0.29, 0.717) is 21.8 Å². The number of aliphatic carboxylic acids is 1. The molecular weight excluding hydrogens is 376 g/mol. The predicted molar refractivity (Wildman–Crippen MR) is 96.3 cm³/mol. The lowest BCUT2D eigenvalue weighted by atomic mass is 9.79. The number of anilines is 1. The van der Waals surface area contributed by atoms with E-state index in [1.54, 1.807) is 6.07 Å². The van der Waals surface area contributed by atoms with Gasteiger partial charge in [-0.1, -0.05) is 23.0 Å². The summed E-state index contributed by atoms with van der Waals surface area (Å²) in [5.74, 6) is -3.25. The molecule has 3 rings (SSSR count). The highest BCUT2D eigenvalue weighted by molar-refractivity contribution is 7.90. The second-order valence-electron chi connectivity index (χ2n) is 6.43. The van der Waals surface area contributed by atoms with E-state index in [1.165, 1.54) is 12.1 Å². The summed E-state index contributed by atoms with van der Waals surface area (Å²) in [6, 6.07) is 4.55. The normalized spacial score (nSPS) is 20.6. The standard InChI is InChI=1S/C17H18N2O5S2/c1-9-3-5-11(16(21)22)12(7-9)15(20)19-17-18-13-6-4-10(26(2,23)24)8-14(13)25-17/h3-4,6,8,11-12H,5,7H2,1-2H3,(H,21,22)(H,18,19,20)/p-1/t11-,12-/m1/s1. The smallest absolute Gasteiger partial charge is 0.230 e. The maximum absolute atomic E-state index is 12.6. The third-order valence-corrected chi connectivity index (χ3v) is 6.45. The summed E-state index contributed by atoms with van der Waals surface area (Å²) in [6.07, 6.45) is 3.56. The summed E-state index contributed by atoms with van der Waals surface area (Å²) in [6.45, 7) is 1.86. The molecule has 1 aliphatic rings. The first-order valence-corrected chi connectivity index (χ1v) is 10.6. The number of carboxylic acid groups (broad SMARTS) is 1. The van der Waals surface area contributed by atoms with Crippen LogP contribution in [0.4, 0.5) is 5.13 Å². The molecule has 2 atom stereocenters. The number of hydrogen-bond acceptors (Lipinski definition) is 7. The van der Waals surface area contributed by atoms with Gasteiger partial charge in [0.2, 0.25) is 5.91 Å². The molecule has 0 radical (unpaired) electrons. The van der Waals surface area contributed by atoms with Gasteiger partial charge in [-0.3, -0.25) is 4.79 Å². The van der Waals surface area contributed by atoms with Crippen molar-refractivity contribution in [3.63, 3.8) is 0 Å². The molecule has 1 heterocycles. The summed E-state index contributed by atoms with van der Waals surface area (Å²) in [5.41, 5.74) is 1.53. The van der Waals surface area contributed by atoms with Gasteiger partial charge in [0, 0.05) is 18.1 Å². The minimum atomic E-state index is -3.34. The number of thiazole rings is 1. The molecule has 7 nitrogen and oxygen atoms in total. The molecule has 0 spiro atoms. The van der Waals surface area contributed by atoms with Crippen LogP contribution in [0.5, 0.6) is 0 Å². The molecule has 0 bridgehead atoms. The molecule has 138 valence electrons. The Morgan fingerprint density at radius 1 is 1.31 bits per heavy atom. The Hall–Kier alpha value is -2.26. The van der Waals surface area contributed by atoms with Crippen molar-refractivity contribution in [1.29, 1.82) is 0 Å². The first-order chi connectivity index (χ1) is 12.1. The molecule has 1 amide bonds. The molecule has 1 aromatic carbocycles. The zero-order chi connectivity index (χ0) is 19.1. The van der Waals surface area contributed by atoms with Crippen molar-refractivity contribution in [2.75, 3.05) is 11.6 Å². The fourth-order valence-electron chi connectivity index (χ4n) is 2.99. The van der Waals surface area contributed by atoms with E-state index in [-0.39, 0.29) is 11.3 Å². The average Bonchev–Trinajstić information content (AvgIpc) is 2.94. The topological polar surface area (TPSA) is 116 Å². The molecule has 0 saturated heterocycles. The highest BCUT2D eigenvalue weighted by atomic mass is 32.2. The quantitative estimate of drug-likeness (QED) is 0.784. The van der Waals surface area contributed by atoms with Gasteiger partial charge in [0.15, 0.2) is 15.0 Å². The molecule has 1 N–H and O–H groups in total. The number of benzene rings is 1. The number of rotatable bonds is 4. The highest BCUT2D eigenvalue weighted by Crippen LogP contribution is 2.32. The number of carbonyl (C=O) groups excluding carboxylic acids is 2. The molecule has 9 heteroatoms. The Labute approximate surface area is 154 Å². The summed E-state index contributed by atoms with van der Waals surface area (Å²) in [4.78, 5) is 28.3. The molecule has 0 aliphatic heterocycles. The number of sulfone groups is 1. The number of carbonyl (C=O) groups is 2. The van der Waals surface area contributed by atoms with Gasteiger partial charge in [-0.2, -0.15) is 0 Å². The lowest BCUT2D eigenvalue weighted by Crippen LogP contribution is -2.42. The minimum Gasteiger partial charge on any atom is -0.550 e. The summed E-state index contributed by atoms with van der Waals surface area (Å²) >= 11 is 1.15. The van der Waals surface area contributed by atoms with Crippen LogP contribution in [0.3, 0.4) is 0 Å². The lowest BCUT2D eigenvalue weighted by Gasteiger charge is -2.29. The van der Waals surface area contributed by atoms with Gasteiger partial charge in [-0.25, -0.2) is 13.4 Å². The Morgan fingerprint density at radius 3 is 2.69 bits per heavy atom. The summed E-state index contributed by atoms with van der Waals surface area (Å²) in [5, 5.41) is 14.3. The largest absolute Gasteiger partial charge is 0.550 e. The fraction of sp³-hybridized carbons (Fsp3) is 0.353. The molecular formula is C17H17N2O5S2-. The molecule has 0 fully saturated rings. The van der Waals surface area contributed by atoms with Crippen molar-refractivity contribution in [2.24, 2.45) is 11.8 Å². The van der Waals surface area contributed by atoms with Crippen molar-refractivity contribution < 1.29 is 23.1 Å². The van der Waals surface area contributed by atoms with Crippen LogP contribution in [0, 0.1) is 11.8 Å². The van der Waals surface area contributed by atoms with Crippen LogP contribution >= 0.6 is 11.3 Å².